The van der Waals surface area contributed by atoms with E-state index in [9.17, 15) is 9.59 Å². The van der Waals surface area contributed by atoms with Gasteiger partial charge in [0.1, 0.15) is 11.6 Å². The predicted molar refractivity (Wildman–Crippen MR) is 106 cm³/mol. The molecule has 7 nitrogen and oxygen atoms in total. The normalized spacial score (nSPS) is 22.0. The third kappa shape index (κ3) is 4.23. The van der Waals surface area contributed by atoms with Crippen LogP contribution < -0.4 is 0 Å². The number of carbonyl (C=O) groups excluding carboxylic acids is 2. The SMILES string of the molecule is CC(=O)N1CCC(c2nnc3n2CCN(C(=O)CC2CCCCC2)CC3)CC1. The Morgan fingerprint density at radius 3 is 2.36 bits per heavy atom. The zero-order chi connectivity index (χ0) is 19.5. The Morgan fingerprint density at radius 2 is 1.64 bits per heavy atom. The molecule has 1 aliphatic carbocycles. The van der Waals surface area contributed by atoms with Crippen LogP contribution in [-0.2, 0) is 22.6 Å². The molecular weight excluding hydrogens is 354 g/mol. The summed E-state index contributed by atoms with van der Waals surface area (Å²) < 4.78 is 2.25. The zero-order valence-electron chi connectivity index (χ0n) is 17.1. The lowest BCUT2D eigenvalue weighted by Gasteiger charge is -2.31. The summed E-state index contributed by atoms with van der Waals surface area (Å²) in [6, 6.07) is 0. The molecule has 1 saturated carbocycles. The van der Waals surface area contributed by atoms with Gasteiger partial charge in [0.2, 0.25) is 11.8 Å². The van der Waals surface area contributed by atoms with E-state index in [4.69, 9.17) is 0 Å². The number of carbonyl (C=O) groups is 2. The summed E-state index contributed by atoms with van der Waals surface area (Å²) in [4.78, 5) is 28.4. The Hall–Kier alpha value is -1.92. The smallest absolute Gasteiger partial charge is 0.222 e. The third-order valence-corrected chi connectivity index (χ3v) is 6.90. The van der Waals surface area contributed by atoms with E-state index in [1.54, 1.807) is 6.92 Å². The number of amides is 2. The highest BCUT2D eigenvalue weighted by atomic mass is 16.2. The minimum absolute atomic E-state index is 0.158. The first-order chi connectivity index (χ1) is 13.6. The summed E-state index contributed by atoms with van der Waals surface area (Å²) in [6.45, 7) is 5.55. The predicted octanol–water partition coefficient (Wildman–Crippen LogP) is 2.36. The summed E-state index contributed by atoms with van der Waals surface area (Å²) in [5.74, 6) is 3.50. The summed E-state index contributed by atoms with van der Waals surface area (Å²) >= 11 is 0. The standard InChI is InChI=1S/C21H33N5O2/c1-16(27)24-10-7-18(8-11-24)21-23-22-19-9-12-25(13-14-26(19)21)20(28)15-17-5-3-2-4-6-17/h17-18H,2-15H2,1H3. The Kier molecular flexibility index (Phi) is 5.97. The van der Waals surface area contributed by atoms with Crippen LogP contribution in [0.4, 0.5) is 0 Å². The molecule has 3 heterocycles. The van der Waals surface area contributed by atoms with Crippen LogP contribution >= 0.6 is 0 Å². The van der Waals surface area contributed by atoms with Gasteiger partial charge in [0, 0.05) is 58.4 Å². The van der Waals surface area contributed by atoms with Gasteiger partial charge in [0.05, 0.1) is 0 Å². The molecule has 1 saturated heterocycles. The maximum absolute atomic E-state index is 12.8. The van der Waals surface area contributed by atoms with Crippen molar-refractivity contribution in [3.63, 3.8) is 0 Å². The first-order valence-corrected chi connectivity index (χ1v) is 11.1. The molecule has 0 N–H and O–H groups in total. The molecule has 1 aromatic rings. The van der Waals surface area contributed by atoms with Crippen LogP contribution in [0.15, 0.2) is 0 Å². The van der Waals surface area contributed by atoms with Gasteiger partial charge in [-0.2, -0.15) is 0 Å². The quantitative estimate of drug-likeness (QED) is 0.798. The number of piperidine rings is 1. The molecule has 0 spiro atoms. The van der Waals surface area contributed by atoms with E-state index in [1.807, 2.05) is 9.80 Å². The maximum Gasteiger partial charge on any atom is 0.222 e. The van der Waals surface area contributed by atoms with E-state index in [2.05, 4.69) is 14.8 Å². The minimum Gasteiger partial charge on any atom is -0.343 e. The number of aromatic nitrogens is 3. The molecule has 7 heteroatoms. The second kappa shape index (κ2) is 8.62. The number of hydrogen-bond acceptors (Lipinski definition) is 4. The average molecular weight is 388 g/mol. The van der Waals surface area contributed by atoms with Gasteiger partial charge >= 0.3 is 0 Å². The topological polar surface area (TPSA) is 71.3 Å². The van der Waals surface area contributed by atoms with E-state index in [1.165, 1.54) is 32.1 Å². The maximum atomic E-state index is 12.8. The van der Waals surface area contributed by atoms with Gasteiger partial charge in [-0.1, -0.05) is 19.3 Å². The van der Waals surface area contributed by atoms with Crippen molar-refractivity contribution >= 4 is 11.8 Å². The molecule has 0 unspecified atom stereocenters. The molecule has 0 bridgehead atoms. The van der Waals surface area contributed by atoms with Crippen LogP contribution in [0.3, 0.4) is 0 Å². The number of fused-ring (bicyclic) bond motifs is 1. The van der Waals surface area contributed by atoms with Gasteiger partial charge in [-0.25, -0.2) is 0 Å². The van der Waals surface area contributed by atoms with Crippen LogP contribution in [-0.4, -0.2) is 62.6 Å². The number of rotatable bonds is 3. The van der Waals surface area contributed by atoms with Crippen molar-refractivity contribution < 1.29 is 9.59 Å². The summed E-state index contributed by atoms with van der Waals surface area (Å²) in [7, 11) is 0. The van der Waals surface area contributed by atoms with Gasteiger partial charge in [0.25, 0.3) is 0 Å². The third-order valence-electron chi connectivity index (χ3n) is 6.90. The van der Waals surface area contributed by atoms with Crippen molar-refractivity contribution in [3.05, 3.63) is 11.6 Å². The van der Waals surface area contributed by atoms with Crippen molar-refractivity contribution in [1.82, 2.24) is 24.6 Å². The first-order valence-electron chi connectivity index (χ1n) is 11.1. The van der Waals surface area contributed by atoms with Crippen molar-refractivity contribution in [3.8, 4) is 0 Å². The molecular formula is C21H33N5O2. The molecule has 2 fully saturated rings. The molecule has 4 rings (SSSR count). The highest BCUT2D eigenvalue weighted by molar-refractivity contribution is 5.76. The fourth-order valence-corrected chi connectivity index (χ4v) is 5.12. The lowest BCUT2D eigenvalue weighted by molar-refractivity contribution is -0.132. The Bertz CT molecular complexity index is 702. The van der Waals surface area contributed by atoms with Crippen LogP contribution in [0, 0.1) is 5.92 Å². The minimum atomic E-state index is 0.158. The average Bonchev–Trinajstić information content (AvgIpc) is 2.99. The van der Waals surface area contributed by atoms with Crippen molar-refractivity contribution in [1.29, 1.82) is 0 Å². The van der Waals surface area contributed by atoms with E-state index in [0.717, 1.165) is 70.1 Å². The largest absolute Gasteiger partial charge is 0.343 e. The first kappa shape index (κ1) is 19.4. The second-order valence-electron chi connectivity index (χ2n) is 8.75. The van der Waals surface area contributed by atoms with Gasteiger partial charge < -0.3 is 14.4 Å². The van der Waals surface area contributed by atoms with E-state index in [-0.39, 0.29) is 5.91 Å². The van der Waals surface area contributed by atoms with Crippen LogP contribution in [0.5, 0.6) is 0 Å². The highest BCUT2D eigenvalue weighted by Gasteiger charge is 2.29. The van der Waals surface area contributed by atoms with E-state index < -0.39 is 0 Å². The fourth-order valence-electron chi connectivity index (χ4n) is 5.12. The van der Waals surface area contributed by atoms with E-state index >= 15 is 0 Å². The lowest BCUT2D eigenvalue weighted by atomic mass is 9.86. The van der Waals surface area contributed by atoms with Gasteiger partial charge in [0.15, 0.2) is 0 Å². The number of hydrogen-bond donors (Lipinski definition) is 0. The molecule has 3 aliphatic rings. The highest BCUT2D eigenvalue weighted by Crippen LogP contribution is 2.29. The van der Waals surface area contributed by atoms with Crippen molar-refractivity contribution in [2.24, 2.45) is 5.92 Å². The number of nitrogens with zero attached hydrogens (tertiary/aromatic N) is 5. The van der Waals surface area contributed by atoms with Crippen molar-refractivity contribution in [2.75, 3.05) is 26.2 Å². The molecule has 1 aromatic heterocycles. The summed E-state index contributed by atoms with van der Waals surface area (Å²) in [6.07, 6.45) is 9.73. The Balaban J connectivity index is 1.36. The molecule has 2 amide bonds. The van der Waals surface area contributed by atoms with Crippen molar-refractivity contribution in [2.45, 2.75) is 77.2 Å². The fraction of sp³-hybridized carbons (Fsp3) is 0.810. The Labute approximate surface area is 167 Å². The molecule has 0 atom stereocenters. The van der Waals surface area contributed by atoms with Crippen LogP contribution in [0.2, 0.25) is 0 Å². The molecule has 0 radical (unpaired) electrons. The molecule has 2 aliphatic heterocycles. The summed E-state index contributed by atoms with van der Waals surface area (Å²) in [5, 5.41) is 8.95. The summed E-state index contributed by atoms with van der Waals surface area (Å²) in [5.41, 5.74) is 0. The molecule has 28 heavy (non-hydrogen) atoms. The van der Waals surface area contributed by atoms with E-state index in [0.29, 0.717) is 17.7 Å². The van der Waals surface area contributed by atoms with Gasteiger partial charge in [-0.05, 0) is 31.6 Å². The van der Waals surface area contributed by atoms with Crippen LogP contribution in [0.25, 0.3) is 0 Å². The van der Waals surface area contributed by atoms with Gasteiger partial charge in [-0.3, -0.25) is 9.59 Å². The monoisotopic (exact) mass is 387 g/mol. The number of likely N-dealkylation sites (tertiary alicyclic amines) is 1. The van der Waals surface area contributed by atoms with Crippen LogP contribution in [0.1, 0.15) is 75.9 Å². The second-order valence-corrected chi connectivity index (χ2v) is 8.75. The lowest BCUT2D eigenvalue weighted by Crippen LogP contribution is -2.37. The zero-order valence-corrected chi connectivity index (χ0v) is 17.1. The Morgan fingerprint density at radius 1 is 0.893 bits per heavy atom. The molecule has 0 aromatic carbocycles. The van der Waals surface area contributed by atoms with Gasteiger partial charge in [-0.15, -0.1) is 10.2 Å². The molecule has 154 valence electrons.